The Morgan fingerprint density at radius 2 is 1.50 bits per heavy atom. The fourth-order valence-corrected chi connectivity index (χ4v) is 4.12. The number of piperazine rings is 2. The van der Waals surface area contributed by atoms with Crippen LogP contribution in [-0.2, 0) is 19.2 Å². The molecule has 0 saturated carbocycles. The number of nitrogens with zero attached hydrogens (tertiary/aromatic N) is 8. The molecule has 2 rings (SSSR count). The Balaban J connectivity index is 2.43. The van der Waals surface area contributed by atoms with Gasteiger partial charge in [0, 0.05) is 32.5 Å². The molecule has 36 heavy (non-hydrogen) atoms. The Kier molecular flexibility index (Phi) is 9.79. The van der Waals surface area contributed by atoms with Gasteiger partial charge in [-0.3, -0.25) is 19.2 Å². The average molecular weight is 505 g/mol. The van der Waals surface area contributed by atoms with Crippen LogP contribution in [0, 0.1) is 22.7 Å². The molecule has 2 unspecified atom stereocenters. The standard InChI is InChI=1S/C20H28N10O6/c21-4-1-6-28-11-17(32)29(7-2-5-22)19(20(28)34)13(9-15(24)26-36)30-12-16(31)27(10-18(30)33)8-3-14(23)25-35/h13,19,35-36H,1-3,6-12H2,(H2,23,25)(H2,24,26). The second kappa shape index (κ2) is 12.7. The molecule has 2 saturated heterocycles. The summed E-state index contributed by atoms with van der Waals surface area (Å²) in [4.78, 5) is 57.0. The Hall–Kier alpha value is -4.60. The maximum atomic E-state index is 13.5. The van der Waals surface area contributed by atoms with E-state index in [4.69, 9.17) is 32.4 Å². The largest absolute Gasteiger partial charge is 0.409 e. The molecule has 16 heteroatoms. The summed E-state index contributed by atoms with van der Waals surface area (Å²) in [5, 5.41) is 41.6. The molecule has 0 aromatic heterocycles. The van der Waals surface area contributed by atoms with Crippen LogP contribution in [0.15, 0.2) is 10.3 Å². The van der Waals surface area contributed by atoms with Gasteiger partial charge in [-0.05, 0) is 0 Å². The van der Waals surface area contributed by atoms with Gasteiger partial charge >= 0.3 is 0 Å². The van der Waals surface area contributed by atoms with Crippen molar-refractivity contribution in [3.63, 3.8) is 0 Å². The third-order valence-electron chi connectivity index (χ3n) is 5.89. The summed E-state index contributed by atoms with van der Waals surface area (Å²) in [5.74, 6) is -2.63. The second-order valence-electron chi connectivity index (χ2n) is 8.15. The summed E-state index contributed by atoms with van der Waals surface area (Å²) in [7, 11) is 0. The van der Waals surface area contributed by atoms with Crippen molar-refractivity contribution in [2.45, 2.75) is 37.8 Å². The topological polar surface area (TPSA) is 246 Å². The van der Waals surface area contributed by atoms with Gasteiger partial charge in [0.05, 0.1) is 44.1 Å². The first kappa shape index (κ1) is 27.6. The number of carbonyl (C=O) groups is 4. The molecule has 2 aliphatic rings. The number of carbonyl (C=O) groups excluding carboxylic acids is 4. The fourth-order valence-electron chi connectivity index (χ4n) is 4.12. The molecule has 2 heterocycles. The lowest BCUT2D eigenvalue weighted by Crippen LogP contribution is -2.69. The van der Waals surface area contributed by atoms with Crippen LogP contribution in [-0.4, -0.2) is 117 Å². The smallest absolute Gasteiger partial charge is 0.248 e. The number of oxime groups is 2. The molecular formula is C20H28N10O6. The van der Waals surface area contributed by atoms with Crippen LogP contribution >= 0.6 is 0 Å². The van der Waals surface area contributed by atoms with Crippen LogP contribution in [0.4, 0.5) is 0 Å². The Labute approximate surface area is 206 Å². The van der Waals surface area contributed by atoms with Crippen LogP contribution < -0.4 is 11.5 Å². The number of hydrogen-bond acceptors (Lipinski definition) is 10. The number of amides is 4. The van der Waals surface area contributed by atoms with E-state index in [-0.39, 0.29) is 70.1 Å². The SMILES string of the molecule is N#CCCN1CC(=O)N(CCC#N)C(C(CC(N)=NO)N2CC(=O)N(CCC(N)=NO)CC2=O)C1=O. The van der Waals surface area contributed by atoms with E-state index in [0.29, 0.717) is 0 Å². The molecule has 0 spiro atoms. The number of nitriles is 2. The van der Waals surface area contributed by atoms with Gasteiger partial charge < -0.3 is 41.5 Å². The first-order valence-electron chi connectivity index (χ1n) is 11.0. The van der Waals surface area contributed by atoms with Gasteiger partial charge in [-0.15, -0.1) is 0 Å². The summed E-state index contributed by atoms with van der Waals surface area (Å²) < 4.78 is 0. The Morgan fingerprint density at radius 3 is 2.11 bits per heavy atom. The molecule has 0 aliphatic carbocycles. The number of hydrogen-bond donors (Lipinski definition) is 4. The summed E-state index contributed by atoms with van der Waals surface area (Å²) in [5.41, 5.74) is 11.2. The third-order valence-corrected chi connectivity index (χ3v) is 5.89. The lowest BCUT2D eigenvalue weighted by Gasteiger charge is -2.47. The Bertz CT molecular complexity index is 1020. The highest BCUT2D eigenvalue weighted by molar-refractivity contribution is 5.98. The van der Waals surface area contributed by atoms with E-state index in [1.807, 2.05) is 12.1 Å². The second-order valence-corrected chi connectivity index (χ2v) is 8.15. The van der Waals surface area contributed by atoms with E-state index >= 15 is 0 Å². The average Bonchev–Trinajstić information content (AvgIpc) is 2.86. The molecule has 4 amide bonds. The molecule has 2 fully saturated rings. The van der Waals surface area contributed by atoms with Crippen molar-refractivity contribution < 1.29 is 29.6 Å². The highest BCUT2D eigenvalue weighted by Crippen LogP contribution is 2.24. The summed E-state index contributed by atoms with van der Waals surface area (Å²) in [6.07, 6.45) is -0.462. The van der Waals surface area contributed by atoms with Crippen LogP contribution in [0.2, 0.25) is 0 Å². The highest BCUT2D eigenvalue weighted by Gasteiger charge is 2.48. The minimum atomic E-state index is -1.33. The van der Waals surface area contributed by atoms with Crippen molar-refractivity contribution in [1.82, 2.24) is 19.6 Å². The van der Waals surface area contributed by atoms with Gasteiger partial charge in [0.15, 0.2) is 0 Å². The molecule has 0 radical (unpaired) electrons. The van der Waals surface area contributed by atoms with Gasteiger partial charge in [-0.1, -0.05) is 10.3 Å². The molecule has 0 aromatic carbocycles. The van der Waals surface area contributed by atoms with Crippen LogP contribution in [0.1, 0.15) is 25.7 Å². The van der Waals surface area contributed by atoms with E-state index in [2.05, 4.69) is 10.3 Å². The molecule has 2 aliphatic heterocycles. The van der Waals surface area contributed by atoms with Gasteiger partial charge in [0.2, 0.25) is 23.6 Å². The van der Waals surface area contributed by atoms with Crippen LogP contribution in [0.3, 0.4) is 0 Å². The maximum Gasteiger partial charge on any atom is 0.248 e. The first-order chi connectivity index (χ1) is 17.2. The summed E-state index contributed by atoms with van der Waals surface area (Å²) in [6.45, 7) is -1.31. The zero-order chi connectivity index (χ0) is 26.8. The van der Waals surface area contributed by atoms with E-state index in [1.54, 1.807) is 0 Å². The fraction of sp³-hybridized carbons (Fsp3) is 0.600. The molecule has 6 N–H and O–H groups in total. The highest BCUT2D eigenvalue weighted by atomic mass is 16.4. The number of amidine groups is 2. The number of rotatable bonds is 11. The normalized spacial score (nSPS) is 20.4. The van der Waals surface area contributed by atoms with Crippen molar-refractivity contribution in [3.8, 4) is 12.1 Å². The molecular weight excluding hydrogens is 476 g/mol. The first-order valence-corrected chi connectivity index (χ1v) is 11.0. The third kappa shape index (κ3) is 6.50. The van der Waals surface area contributed by atoms with E-state index in [9.17, 15) is 19.2 Å². The van der Waals surface area contributed by atoms with Crippen molar-refractivity contribution in [2.24, 2.45) is 21.8 Å². The van der Waals surface area contributed by atoms with E-state index in [1.165, 1.54) is 9.80 Å². The van der Waals surface area contributed by atoms with Crippen molar-refractivity contribution >= 4 is 35.3 Å². The Morgan fingerprint density at radius 1 is 0.889 bits per heavy atom. The lowest BCUT2D eigenvalue weighted by molar-refractivity contribution is -0.164. The summed E-state index contributed by atoms with van der Waals surface area (Å²) in [6, 6.07) is 1.29. The van der Waals surface area contributed by atoms with Crippen molar-refractivity contribution in [2.75, 3.05) is 39.3 Å². The maximum absolute atomic E-state index is 13.5. The summed E-state index contributed by atoms with van der Waals surface area (Å²) >= 11 is 0. The van der Waals surface area contributed by atoms with Crippen LogP contribution in [0.5, 0.6) is 0 Å². The minimum absolute atomic E-state index is 0.0102. The predicted molar refractivity (Wildman–Crippen MR) is 121 cm³/mol. The van der Waals surface area contributed by atoms with Crippen molar-refractivity contribution in [3.05, 3.63) is 0 Å². The zero-order valence-electron chi connectivity index (χ0n) is 19.5. The monoisotopic (exact) mass is 504 g/mol. The van der Waals surface area contributed by atoms with Crippen molar-refractivity contribution in [1.29, 1.82) is 10.5 Å². The quantitative estimate of drug-likeness (QED) is 0.0971. The van der Waals surface area contributed by atoms with Gasteiger partial charge in [-0.25, -0.2) is 0 Å². The van der Waals surface area contributed by atoms with E-state index < -0.39 is 42.3 Å². The molecule has 0 bridgehead atoms. The molecule has 2 atom stereocenters. The molecule has 194 valence electrons. The number of nitrogens with two attached hydrogens (primary N) is 2. The van der Waals surface area contributed by atoms with E-state index in [0.717, 1.165) is 9.80 Å². The zero-order valence-corrected chi connectivity index (χ0v) is 19.5. The van der Waals surface area contributed by atoms with Gasteiger partial charge in [0.25, 0.3) is 0 Å². The minimum Gasteiger partial charge on any atom is -0.409 e. The molecule has 16 nitrogen and oxygen atoms in total. The van der Waals surface area contributed by atoms with Gasteiger partial charge in [0.1, 0.15) is 24.3 Å². The van der Waals surface area contributed by atoms with Gasteiger partial charge in [-0.2, -0.15) is 10.5 Å². The predicted octanol–water partition coefficient (Wildman–Crippen LogP) is -2.83. The lowest BCUT2D eigenvalue weighted by atomic mass is 9.95. The molecule has 0 aromatic rings. The van der Waals surface area contributed by atoms with Crippen LogP contribution in [0.25, 0.3) is 0 Å².